The van der Waals surface area contributed by atoms with Crippen molar-refractivity contribution in [3.8, 4) is 0 Å². The molecular formula is C17H19FN4O2. The van der Waals surface area contributed by atoms with Gasteiger partial charge in [-0.1, -0.05) is 18.2 Å². The van der Waals surface area contributed by atoms with Crippen molar-refractivity contribution in [1.29, 1.82) is 0 Å². The normalized spacial score (nSPS) is 14.5. The van der Waals surface area contributed by atoms with Gasteiger partial charge in [0.2, 0.25) is 5.95 Å². The van der Waals surface area contributed by atoms with E-state index < -0.39 is 0 Å². The molecule has 0 bridgehead atoms. The van der Waals surface area contributed by atoms with E-state index in [9.17, 15) is 9.18 Å². The molecule has 0 atom stereocenters. The van der Waals surface area contributed by atoms with Crippen molar-refractivity contribution in [1.82, 2.24) is 15.3 Å². The molecule has 1 aromatic heterocycles. The van der Waals surface area contributed by atoms with Gasteiger partial charge < -0.3 is 15.0 Å². The Morgan fingerprint density at radius 2 is 1.92 bits per heavy atom. The van der Waals surface area contributed by atoms with Crippen LogP contribution in [-0.4, -0.2) is 48.7 Å². The Kier molecular flexibility index (Phi) is 5.32. The van der Waals surface area contributed by atoms with Gasteiger partial charge in [0, 0.05) is 32.0 Å². The van der Waals surface area contributed by atoms with Gasteiger partial charge in [-0.2, -0.15) is 0 Å². The van der Waals surface area contributed by atoms with Crippen LogP contribution in [0.5, 0.6) is 0 Å². The van der Waals surface area contributed by atoms with E-state index in [-0.39, 0.29) is 11.7 Å². The fourth-order valence-electron chi connectivity index (χ4n) is 2.48. The van der Waals surface area contributed by atoms with Gasteiger partial charge in [-0.05, 0) is 18.1 Å². The van der Waals surface area contributed by atoms with Crippen molar-refractivity contribution in [3.05, 3.63) is 53.6 Å². The molecule has 6 nitrogen and oxygen atoms in total. The highest BCUT2D eigenvalue weighted by atomic mass is 19.1. The molecule has 126 valence electrons. The number of ether oxygens (including phenoxy) is 1. The number of hydrogen-bond acceptors (Lipinski definition) is 5. The number of carbonyl (C=O) groups excluding carboxylic acids is 1. The lowest BCUT2D eigenvalue weighted by atomic mass is 10.1. The molecule has 7 heteroatoms. The molecule has 0 radical (unpaired) electrons. The molecule has 0 unspecified atom stereocenters. The topological polar surface area (TPSA) is 67.4 Å². The lowest BCUT2D eigenvalue weighted by Gasteiger charge is -2.26. The van der Waals surface area contributed by atoms with Crippen molar-refractivity contribution >= 4 is 11.9 Å². The summed E-state index contributed by atoms with van der Waals surface area (Å²) in [7, 11) is 0. The number of halogens is 1. The lowest BCUT2D eigenvalue weighted by Crippen LogP contribution is -2.37. The van der Waals surface area contributed by atoms with Crippen LogP contribution in [0, 0.1) is 5.82 Å². The van der Waals surface area contributed by atoms with Gasteiger partial charge in [0.05, 0.1) is 18.8 Å². The van der Waals surface area contributed by atoms with Gasteiger partial charge in [0.25, 0.3) is 5.91 Å². The molecule has 1 saturated heterocycles. The van der Waals surface area contributed by atoms with Crippen LogP contribution in [0.3, 0.4) is 0 Å². The number of nitrogens with one attached hydrogen (secondary N) is 1. The first-order valence-electron chi connectivity index (χ1n) is 7.90. The quantitative estimate of drug-likeness (QED) is 0.898. The summed E-state index contributed by atoms with van der Waals surface area (Å²) in [6.07, 6.45) is 3.46. The summed E-state index contributed by atoms with van der Waals surface area (Å²) < 4.78 is 18.8. The third kappa shape index (κ3) is 4.05. The molecular weight excluding hydrogens is 311 g/mol. The molecule has 2 heterocycles. The number of hydrogen-bond donors (Lipinski definition) is 1. The van der Waals surface area contributed by atoms with Crippen LogP contribution >= 0.6 is 0 Å². The maximum Gasteiger partial charge on any atom is 0.254 e. The molecule has 2 aromatic rings. The zero-order valence-corrected chi connectivity index (χ0v) is 13.2. The number of carbonyl (C=O) groups is 1. The zero-order chi connectivity index (χ0) is 16.8. The van der Waals surface area contributed by atoms with Crippen LogP contribution < -0.4 is 10.2 Å². The minimum Gasteiger partial charge on any atom is -0.378 e. The Morgan fingerprint density at radius 3 is 2.62 bits per heavy atom. The third-order valence-corrected chi connectivity index (χ3v) is 3.83. The average molecular weight is 330 g/mol. The van der Waals surface area contributed by atoms with Crippen LogP contribution in [0.4, 0.5) is 10.3 Å². The van der Waals surface area contributed by atoms with Crippen molar-refractivity contribution in [3.63, 3.8) is 0 Å². The van der Waals surface area contributed by atoms with Crippen LogP contribution in [0.25, 0.3) is 0 Å². The first-order valence-corrected chi connectivity index (χ1v) is 7.90. The summed E-state index contributed by atoms with van der Waals surface area (Å²) in [6.45, 7) is 3.15. The van der Waals surface area contributed by atoms with Crippen molar-refractivity contribution in [2.24, 2.45) is 0 Å². The summed E-state index contributed by atoms with van der Waals surface area (Å²) in [6, 6.07) is 6.54. The highest BCUT2D eigenvalue weighted by Gasteiger charge is 2.14. The SMILES string of the molecule is O=C(NCCc1ccccc1F)c1cnc(N2CCOCC2)nc1. The van der Waals surface area contributed by atoms with E-state index in [2.05, 4.69) is 15.3 Å². The predicted octanol–water partition coefficient (Wildman–Crippen LogP) is 1.42. The number of morpholine rings is 1. The van der Waals surface area contributed by atoms with E-state index in [4.69, 9.17) is 4.74 Å². The second kappa shape index (κ2) is 7.83. The van der Waals surface area contributed by atoms with Gasteiger partial charge in [0.1, 0.15) is 5.82 Å². The monoisotopic (exact) mass is 330 g/mol. The summed E-state index contributed by atoms with van der Waals surface area (Å²) in [5.41, 5.74) is 0.970. The van der Waals surface area contributed by atoms with E-state index in [0.717, 1.165) is 13.1 Å². The second-order valence-corrected chi connectivity index (χ2v) is 5.47. The van der Waals surface area contributed by atoms with E-state index >= 15 is 0 Å². The molecule has 3 rings (SSSR count). The molecule has 1 amide bonds. The maximum absolute atomic E-state index is 13.5. The smallest absolute Gasteiger partial charge is 0.254 e. The number of aromatic nitrogens is 2. The molecule has 0 spiro atoms. The predicted molar refractivity (Wildman–Crippen MR) is 87.5 cm³/mol. The Hall–Kier alpha value is -2.54. The number of nitrogens with zero attached hydrogens (tertiary/aromatic N) is 3. The van der Waals surface area contributed by atoms with Crippen molar-refractivity contribution < 1.29 is 13.9 Å². The van der Waals surface area contributed by atoms with E-state index in [0.29, 0.717) is 43.3 Å². The summed E-state index contributed by atoms with van der Waals surface area (Å²) >= 11 is 0. The molecule has 1 N–H and O–H groups in total. The summed E-state index contributed by atoms with van der Waals surface area (Å²) in [5, 5.41) is 2.75. The average Bonchev–Trinajstić information content (AvgIpc) is 2.64. The molecule has 1 aliphatic heterocycles. The summed E-state index contributed by atoms with van der Waals surface area (Å²) in [5.74, 6) is 0.0750. The van der Waals surface area contributed by atoms with Gasteiger partial charge in [-0.15, -0.1) is 0 Å². The standard InChI is InChI=1S/C17H19FN4O2/c18-15-4-2-1-3-13(15)5-6-19-16(23)14-11-20-17(21-12-14)22-7-9-24-10-8-22/h1-4,11-12H,5-10H2,(H,19,23). The Labute approximate surface area is 139 Å². The van der Waals surface area contributed by atoms with Gasteiger partial charge in [0.15, 0.2) is 0 Å². The fraction of sp³-hybridized carbons (Fsp3) is 0.353. The molecule has 1 aliphatic rings. The Bertz CT molecular complexity index is 687. The second-order valence-electron chi connectivity index (χ2n) is 5.47. The number of anilines is 1. The van der Waals surface area contributed by atoms with E-state index in [1.54, 1.807) is 18.2 Å². The number of benzene rings is 1. The Morgan fingerprint density at radius 1 is 1.21 bits per heavy atom. The van der Waals surface area contributed by atoms with Crippen molar-refractivity contribution in [2.45, 2.75) is 6.42 Å². The zero-order valence-electron chi connectivity index (χ0n) is 13.2. The van der Waals surface area contributed by atoms with Crippen LogP contribution in [0.1, 0.15) is 15.9 Å². The highest BCUT2D eigenvalue weighted by molar-refractivity contribution is 5.93. The summed E-state index contributed by atoms with van der Waals surface area (Å²) in [4.78, 5) is 22.6. The number of rotatable bonds is 5. The largest absolute Gasteiger partial charge is 0.378 e. The third-order valence-electron chi connectivity index (χ3n) is 3.83. The molecule has 1 fully saturated rings. The first-order chi connectivity index (χ1) is 11.7. The van der Waals surface area contributed by atoms with E-state index in [1.165, 1.54) is 18.5 Å². The van der Waals surface area contributed by atoms with Crippen LogP contribution in [0.2, 0.25) is 0 Å². The van der Waals surface area contributed by atoms with E-state index in [1.807, 2.05) is 4.90 Å². The van der Waals surface area contributed by atoms with Gasteiger partial charge in [-0.3, -0.25) is 4.79 Å². The maximum atomic E-state index is 13.5. The minimum absolute atomic E-state index is 0.259. The van der Waals surface area contributed by atoms with Crippen molar-refractivity contribution in [2.75, 3.05) is 37.7 Å². The lowest BCUT2D eigenvalue weighted by molar-refractivity contribution is 0.0953. The highest BCUT2D eigenvalue weighted by Crippen LogP contribution is 2.10. The number of amides is 1. The Balaban J connectivity index is 1.52. The van der Waals surface area contributed by atoms with Crippen LogP contribution in [0.15, 0.2) is 36.7 Å². The molecule has 0 saturated carbocycles. The van der Waals surface area contributed by atoms with Crippen LogP contribution in [-0.2, 0) is 11.2 Å². The minimum atomic E-state index is -0.264. The molecule has 24 heavy (non-hydrogen) atoms. The fourth-order valence-corrected chi connectivity index (χ4v) is 2.48. The van der Waals surface area contributed by atoms with Gasteiger partial charge >= 0.3 is 0 Å². The molecule has 1 aromatic carbocycles. The first kappa shape index (κ1) is 16.3. The van der Waals surface area contributed by atoms with Gasteiger partial charge in [-0.25, -0.2) is 14.4 Å². The molecule has 0 aliphatic carbocycles.